The van der Waals surface area contributed by atoms with E-state index in [0.29, 0.717) is 28.8 Å². The van der Waals surface area contributed by atoms with Gasteiger partial charge in [0, 0.05) is 23.7 Å². The lowest BCUT2D eigenvalue weighted by molar-refractivity contribution is -0.115. The summed E-state index contributed by atoms with van der Waals surface area (Å²) in [7, 11) is 0. The van der Waals surface area contributed by atoms with Crippen molar-refractivity contribution in [3.63, 3.8) is 0 Å². The first kappa shape index (κ1) is 18.0. The first-order valence-corrected chi connectivity index (χ1v) is 9.40. The van der Waals surface area contributed by atoms with Gasteiger partial charge in [-0.2, -0.15) is 19.6 Å². The Bertz CT molecular complexity index is 1200. The number of fused-ring (bicyclic) bond motifs is 1. The van der Waals surface area contributed by atoms with Crippen molar-refractivity contribution in [2.45, 2.75) is 25.4 Å². The van der Waals surface area contributed by atoms with E-state index in [4.69, 9.17) is 0 Å². The molecular formula is C19H17FN8O2. The van der Waals surface area contributed by atoms with Gasteiger partial charge in [0.2, 0.25) is 11.9 Å². The molecule has 0 bridgehead atoms. The number of carbonyl (C=O) groups is 2. The number of hydrogen-bond donors (Lipinski definition) is 4. The number of rotatable bonds is 6. The number of hydrogen-bond acceptors (Lipinski definition) is 7. The summed E-state index contributed by atoms with van der Waals surface area (Å²) in [6.45, 7) is 0.203. The number of imide groups is 1. The number of benzene rings is 1. The summed E-state index contributed by atoms with van der Waals surface area (Å²) in [6, 6.07) is 6.19. The van der Waals surface area contributed by atoms with Gasteiger partial charge in [0.25, 0.3) is 5.91 Å². The highest BCUT2D eigenvalue weighted by Crippen LogP contribution is 2.26. The molecular weight excluding hydrogens is 391 g/mol. The van der Waals surface area contributed by atoms with Gasteiger partial charge in [-0.1, -0.05) is 18.2 Å². The Hall–Kier alpha value is -4.02. The van der Waals surface area contributed by atoms with E-state index in [1.54, 1.807) is 18.2 Å². The molecule has 1 aliphatic heterocycles. The van der Waals surface area contributed by atoms with E-state index < -0.39 is 11.9 Å². The maximum atomic E-state index is 13.9. The number of nitrogens with one attached hydrogen (secondary N) is 4. The van der Waals surface area contributed by atoms with Crippen LogP contribution in [-0.4, -0.2) is 37.6 Å². The maximum absolute atomic E-state index is 13.9. The lowest BCUT2D eigenvalue weighted by Gasteiger charge is -2.10. The molecule has 2 aliphatic rings. The van der Waals surface area contributed by atoms with Crippen LogP contribution in [0, 0.1) is 5.82 Å². The molecule has 4 N–H and O–H groups in total. The normalized spacial score (nSPS) is 17.3. The van der Waals surface area contributed by atoms with Crippen molar-refractivity contribution in [3.05, 3.63) is 53.1 Å². The molecule has 3 aromatic rings. The first-order valence-electron chi connectivity index (χ1n) is 9.40. The second kappa shape index (κ2) is 7.10. The SMILES string of the molecule is O=C1NC(=O)/C(=C/c2cnn3c(NC4CC4)nc(NCc4ccccc4F)nc23)N1. The Kier molecular flexibility index (Phi) is 4.27. The third kappa shape index (κ3) is 3.52. The number of aromatic nitrogens is 4. The summed E-state index contributed by atoms with van der Waals surface area (Å²) in [4.78, 5) is 32.2. The van der Waals surface area contributed by atoms with Crippen LogP contribution in [0.3, 0.4) is 0 Å². The number of halogens is 1. The topological polar surface area (TPSA) is 125 Å². The third-order valence-corrected chi connectivity index (χ3v) is 4.72. The smallest absolute Gasteiger partial charge is 0.326 e. The van der Waals surface area contributed by atoms with Crippen LogP contribution in [0.5, 0.6) is 0 Å². The lowest BCUT2D eigenvalue weighted by atomic mass is 10.2. The second-order valence-electron chi connectivity index (χ2n) is 7.04. The van der Waals surface area contributed by atoms with Gasteiger partial charge in [-0.3, -0.25) is 10.1 Å². The van der Waals surface area contributed by atoms with Gasteiger partial charge in [0.1, 0.15) is 11.5 Å². The molecule has 30 heavy (non-hydrogen) atoms. The molecule has 0 unspecified atom stereocenters. The van der Waals surface area contributed by atoms with E-state index in [1.807, 2.05) is 0 Å². The molecule has 1 aromatic carbocycles. The Morgan fingerprint density at radius 2 is 2.03 bits per heavy atom. The Morgan fingerprint density at radius 1 is 1.20 bits per heavy atom. The van der Waals surface area contributed by atoms with Crippen LogP contribution in [0.2, 0.25) is 0 Å². The molecule has 1 aliphatic carbocycles. The number of urea groups is 1. The van der Waals surface area contributed by atoms with Gasteiger partial charge in [0.15, 0.2) is 5.65 Å². The van der Waals surface area contributed by atoms with Crippen molar-refractivity contribution in [1.29, 1.82) is 0 Å². The van der Waals surface area contributed by atoms with Gasteiger partial charge < -0.3 is 16.0 Å². The molecule has 0 radical (unpaired) electrons. The molecule has 2 fully saturated rings. The molecule has 152 valence electrons. The zero-order chi connectivity index (χ0) is 20.7. The third-order valence-electron chi connectivity index (χ3n) is 4.72. The summed E-state index contributed by atoms with van der Waals surface area (Å²) >= 11 is 0. The minimum Gasteiger partial charge on any atom is -0.351 e. The fourth-order valence-corrected chi connectivity index (χ4v) is 3.03. The van der Waals surface area contributed by atoms with Gasteiger partial charge in [0.05, 0.1) is 6.20 Å². The Balaban J connectivity index is 1.51. The molecule has 10 nitrogen and oxygen atoms in total. The van der Waals surface area contributed by atoms with Crippen molar-refractivity contribution in [2.75, 3.05) is 10.6 Å². The van der Waals surface area contributed by atoms with Crippen LogP contribution >= 0.6 is 0 Å². The monoisotopic (exact) mass is 408 g/mol. The minimum absolute atomic E-state index is 0.103. The van der Waals surface area contributed by atoms with Gasteiger partial charge in [-0.25, -0.2) is 9.18 Å². The number of anilines is 2. The standard InChI is InChI=1S/C19H17FN8O2/c20-13-4-2-1-3-10(13)8-21-17-25-15-11(7-14-16(29)26-19(30)24-14)9-22-28(15)18(27-17)23-12-5-6-12/h1-4,7,9,12H,5-6,8H2,(H2,21,23,25,27)(H2,24,26,29,30)/b14-7-. The highest BCUT2D eigenvalue weighted by atomic mass is 19.1. The van der Waals surface area contributed by atoms with Crippen molar-refractivity contribution in [1.82, 2.24) is 30.2 Å². The molecule has 3 heterocycles. The second-order valence-corrected chi connectivity index (χ2v) is 7.04. The Labute approximate surface area is 169 Å². The predicted octanol–water partition coefficient (Wildman–Crippen LogP) is 1.63. The van der Waals surface area contributed by atoms with Crippen LogP contribution in [-0.2, 0) is 11.3 Å². The average Bonchev–Trinajstić information content (AvgIpc) is 3.36. The molecule has 0 atom stereocenters. The summed E-state index contributed by atoms with van der Waals surface area (Å²) in [6.07, 6.45) is 5.10. The molecule has 3 amide bonds. The van der Waals surface area contributed by atoms with Crippen molar-refractivity contribution >= 4 is 35.6 Å². The fourth-order valence-electron chi connectivity index (χ4n) is 3.03. The van der Waals surface area contributed by atoms with Crippen molar-refractivity contribution in [3.8, 4) is 0 Å². The van der Waals surface area contributed by atoms with E-state index >= 15 is 0 Å². The summed E-state index contributed by atoms with van der Waals surface area (Å²) in [5.74, 6) is -0.0696. The summed E-state index contributed by atoms with van der Waals surface area (Å²) in [5.41, 5.74) is 1.55. The van der Waals surface area contributed by atoms with E-state index in [-0.39, 0.29) is 24.0 Å². The van der Waals surface area contributed by atoms with Gasteiger partial charge >= 0.3 is 6.03 Å². The van der Waals surface area contributed by atoms with Crippen LogP contribution in [0.25, 0.3) is 11.7 Å². The fraction of sp³-hybridized carbons (Fsp3) is 0.211. The van der Waals surface area contributed by atoms with Crippen LogP contribution in [0.4, 0.5) is 21.1 Å². The zero-order valence-corrected chi connectivity index (χ0v) is 15.6. The van der Waals surface area contributed by atoms with Crippen LogP contribution in [0.15, 0.2) is 36.2 Å². The average molecular weight is 408 g/mol. The van der Waals surface area contributed by atoms with Crippen LogP contribution < -0.4 is 21.3 Å². The first-order chi connectivity index (χ1) is 14.6. The number of nitrogens with zero attached hydrogens (tertiary/aromatic N) is 4. The highest BCUT2D eigenvalue weighted by molar-refractivity contribution is 6.14. The molecule has 2 aromatic heterocycles. The molecule has 0 spiro atoms. The molecule has 5 rings (SSSR count). The summed E-state index contributed by atoms with van der Waals surface area (Å²) < 4.78 is 15.5. The van der Waals surface area contributed by atoms with E-state index in [9.17, 15) is 14.0 Å². The maximum Gasteiger partial charge on any atom is 0.326 e. The zero-order valence-electron chi connectivity index (χ0n) is 15.6. The highest BCUT2D eigenvalue weighted by Gasteiger charge is 2.26. The van der Waals surface area contributed by atoms with Crippen LogP contribution in [0.1, 0.15) is 24.0 Å². The summed E-state index contributed by atoms with van der Waals surface area (Å²) in [5, 5.41) is 15.2. The van der Waals surface area contributed by atoms with Crippen molar-refractivity contribution < 1.29 is 14.0 Å². The molecule has 1 saturated carbocycles. The lowest BCUT2D eigenvalue weighted by Crippen LogP contribution is -2.22. The van der Waals surface area contributed by atoms with E-state index in [1.165, 1.54) is 22.9 Å². The van der Waals surface area contributed by atoms with Crippen molar-refractivity contribution in [2.24, 2.45) is 0 Å². The molecule has 11 heteroatoms. The number of carbonyl (C=O) groups excluding carboxylic acids is 2. The largest absolute Gasteiger partial charge is 0.351 e. The van der Waals surface area contributed by atoms with E-state index in [0.717, 1.165) is 12.8 Å². The van der Waals surface area contributed by atoms with Gasteiger partial charge in [-0.15, -0.1) is 0 Å². The van der Waals surface area contributed by atoms with Gasteiger partial charge in [-0.05, 0) is 25.0 Å². The minimum atomic E-state index is -0.583. The predicted molar refractivity (Wildman–Crippen MR) is 106 cm³/mol. The van der Waals surface area contributed by atoms with E-state index in [2.05, 4.69) is 36.3 Å². The Morgan fingerprint density at radius 3 is 2.77 bits per heavy atom. The number of amides is 3. The molecule has 1 saturated heterocycles. The quantitative estimate of drug-likeness (QED) is 0.361.